The van der Waals surface area contributed by atoms with Gasteiger partial charge in [0.25, 0.3) is 11.6 Å². The summed E-state index contributed by atoms with van der Waals surface area (Å²) in [6.45, 7) is 0.388. The van der Waals surface area contributed by atoms with Crippen LogP contribution in [0.1, 0.15) is 15.9 Å². The molecular formula is C18H15ClN4O3. The van der Waals surface area contributed by atoms with Crippen molar-refractivity contribution in [3.8, 4) is 5.69 Å². The minimum absolute atomic E-state index is 0.0925. The van der Waals surface area contributed by atoms with E-state index in [0.717, 1.165) is 11.3 Å². The molecule has 1 heterocycles. The molecule has 2 aromatic carbocycles. The van der Waals surface area contributed by atoms with Gasteiger partial charge in [-0.3, -0.25) is 14.9 Å². The zero-order valence-corrected chi connectivity index (χ0v) is 14.4. The van der Waals surface area contributed by atoms with E-state index < -0.39 is 10.8 Å². The molecule has 0 bridgehead atoms. The molecule has 0 saturated heterocycles. The van der Waals surface area contributed by atoms with Crippen LogP contribution in [0.15, 0.2) is 60.9 Å². The fourth-order valence-corrected chi connectivity index (χ4v) is 2.66. The Hall–Kier alpha value is -3.19. The molecule has 0 aliphatic carbocycles. The van der Waals surface area contributed by atoms with Gasteiger partial charge in [-0.15, -0.1) is 0 Å². The predicted octanol–water partition coefficient (Wildman–Crippen LogP) is 3.41. The lowest BCUT2D eigenvalue weighted by Crippen LogP contribution is -2.26. The molecule has 0 aliphatic rings. The van der Waals surface area contributed by atoms with Crippen LogP contribution in [0.4, 0.5) is 5.69 Å². The quantitative estimate of drug-likeness (QED) is 0.531. The van der Waals surface area contributed by atoms with Gasteiger partial charge in [-0.2, -0.15) is 5.10 Å². The molecule has 3 rings (SSSR count). The van der Waals surface area contributed by atoms with Crippen molar-refractivity contribution in [1.29, 1.82) is 0 Å². The monoisotopic (exact) mass is 370 g/mol. The highest BCUT2D eigenvalue weighted by Gasteiger charge is 2.15. The fraction of sp³-hybridized carbons (Fsp3) is 0.111. The minimum Gasteiger partial charge on any atom is -0.352 e. The molecule has 0 radical (unpaired) electrons. The highest BCUT2D eigenvalue weighted by atomic mass is 35.5. The van der Waals surface area contributed by atoms with E-state index in [1.54, 1.807) is 10.9 Å². The number of nitrogens with zero attached hydrogens (tertiary/aromatic N) is 3. The Labute approximate surface area is 154 Å². The summed E-state index contributed by atoms with van der Waals surface area (Å²) < 4.78 is 1.76. The zero-order valence-electron chi connectivity index (χ0n) is 13.6. The average Bonchev–Trinajstić information content (AvgIpc) is 3.17. The normalized spacial score (nSPS) is 10.5. The Morgan fingerprint density at radius 3 is 2.65 bits per heavy atom. The number of nitro groups is 1. The van der Waals surface area contributed by atoms with Gasteiger partial charge < -0.3 is 5.32 Å². The molecule has 1 amide bonds. The lowest BCUT2D eigenvalue weighted by molar-refractivity contribution is -0.384. The van der Waals surface area contributed by atoms with Crippen LogP contribution >= 0.6 is 11.6 Å². The number of amides is 1. The minimum atomic E-state index is -0.561. The second-order valence-electron chi connectivity index (χ2n) is 5.54. The van der Waals surface area contributed by atoms with E-state index in [4.69, 9.17) is 11.6 Å². The number of benzene rings is 2. The van der Waals surface area contributed by atoms with Gasteiger partial charge in [0, 0.05) is 31.1 Å². The molecule has 8 heteroatoms. The van der Waals surface area contributed by atoms with Crippen molar-refractivity contribution in [3.05, 3.63) is 87.2 Å². The Bertz CT molecular complexity index is 924. The van der Waals surface area contributed by atoms with Crippen LogP contribution in [-0.4, -0.2) is 27.2 Å². The van der Waals surface area contributed by atoms with Crippen molar-refractivity contribution in [3.63, 3.8) is 0 Å². The van der Waals surface area contributed by atoms with E-state index in [0.29, 0.717) is 13.0 Å². The van der Waals surface area contributed by atoms with E-state index in [9.17, 15) is 14.9 Å². The van der Waals surface area contributed by atoms with E-state index in [-0.39, 0.29) is 16.3 Å². The third-order valence-electron chi connectivity index (χ3n) is 3.81. The summed E-state index contributed by atoms with van der Waals surface area (Å²) in [5, 5.41) is 17.9. The van der Waals surface area contributed by atoms with E-state index >= 15 is 0 Å². The lowest BCUT2D eigenvalue weighted by Gasteiger charge is -2.08. The first-order chi connectivity index (χ1) is 12.5. The van der Waals surface area contributed by atoms with Crippen molar-refractivity contribution in [2.75, 3.05) is 6.54 Å². The Kier molecular flexibility index (Phi) is 5.28. The molecule has 0 saturated carbocycles. The number of halogens is 1. The van der Waals surface area contributed by atoms with Crippen LogP contribution in [0.25, 0.3) is 5.69 Å². The van der Waals surface area contributed by atoms with Gasteiger partial charge in [0.05, 0.1) is 21.2 Å². The molecule has 7 nitrogen and oxygen atoms in total. The van der Waals surface area contributed by atoms with Gasteiger partial charge in [-0.05, 0) is 36.2 Å². The summed E-state index contributed by atoms with van der Waals surface area (Å²) in [5.41, 5.74) is 1.92. The maximum Gasteiger partial charge on any atom is 0.270 e. The maximum atomic E-state index is 12.2. The first kappa shape index (κ1) is 17.6. The Morgan fingerprint density at radius 2 is 2.00 bits per heavy atom. The van der Waals surface area contributed by atoms with Crippen LogP contribution in [0.3, 0.4) is 0 Å². The second-order valence-corrected chi connectivity index (χ2v) is 5.95. The van der Waals surface area contributed by atoms with Crippen molar-refractivity contribution in [1.82, 2.24) is 15.1 Å². The topological polar surface area (TPSA) is 90.1 Å². The summed E-state index contributed by atoms with van der Waals surface area (Å²) in [6, 6.07) is 13.5. The number of aromatic nitrogens is 2. The number of hydrogen-bond donors (Lipinski definition) is 1. The number of non-ortho nitro benzene ring substituents is 1. The van der Waals surface area contributed by atoms with Gasteiger partial charge in [0.15, 0.2) is 0 Å². The van der Waals surface area contributed by atoms with Gasteiger partial charge in [0.1, 0.15) is 0 Å². The van der Waals surface area contributed by atoms with E-state index in [2.05, 4.69) is 10.4 Å². The summed E-state index contributed by atoms with van der Waals surface area (Å²) in [5.74, 6) is -0.438. The predicted molar refractivity (Wildman–Crippen MR) is 97.7 cm³/mol. The van der Waals surface area contributed by atoms with Crippen molar-refractivity contribution >= 4 is 23.2 Å². The molecule has 0 spiro atoms. The number of carbonyl (C=O) groups is 1. The molecule has 0 aliphatic heterocycles. The number of nitro benzene ring substituents is 1. The van der Waals surface area contributed by atoms with Gasteiger partial charge in [-0.1, -0.05) is 23.7 Å². The number of hydrogen-bond acceptors (Lipinski definition) is 4. The summed E-state index contributed by atoms with van der Waals surface area (Å²) in [4.78, 5) is 22.5. The molecule has 3 aromatic rings. The third kappa shape index (κ3) is 4.07. The molecule has 26 heavy (non-hydrogen) atoms. The highest BCUT2D eigenvalue weighted by Crippen LogP contribution is 2.21. The van der Waals surface area contributed by atoms with Crippen LogP contribution in [0.2, 0.25) is 5.02 Å². The maximum absolute atomic E-state index is 12.2. The SMILES string of the molecule is O=C(NCCc1ccc(-n2cccn2)cc1)c1cc([N+](=O)[O-])ccc1Cl. The number of carbonyl (C=O) groups excluding carboxylic acids is 1. The standard InChI is InChI=1S/C18H15ClN4O3/c19-17-7-6-15(23(25)26)12-16(17)18(24)20-10-8-13-2-4-14(5-3-13)22-11-1-9-21-22/h1-7,9,11-12H,8,10H2,(H,20,24). The van der Waals surface area contributed by atoms with Crippen molar-refractivity contribution < 1.29 is 9.72 Å². The highest BCUT2D eigenvalue weighted by molar-refractivity contribution is 6.33. The summed E-state index contributed by atoms with van der Waals surface area (Å²) >= 11 is 5.97. The molecule has 0 atom stereocenters. The average molecular weight is 371 g/mol. The Morgan fingerprint density at radius 1 is 1.23 bits per heavy atom. The molecule has 1 aromatic heterocycles. The fourth-order valence-electron chi connectivity index (χ4n) is 2.45. The largest absolute Gasteiger partial charge is 0.352 e. The first-order valence-corrected chi connectivity index (χ1v) is 8.23. The number of nitrogens with one attached hydrogen (secondary N) is 1. The molecule has 132 valence electrons. The summed E-state index contributed by atoms with van der Waals surface area (Å²) in [7, 11) is 0. The molecule has 0 fully saturated rings. The van der Waals surface area contributed by atoms with Gasteiger partial charge >= 0.3 is 0 Å². The van der Waals surface area contributed by atoms with Crippen LogP contribution in [0.5, 0.6) is 0 Å². The Balaban J connectivity index is 1.59. The van der Waals surface area contributed by atoms with Crippen molar-refractivity contribution in [2.24, 2.45) is 0 Å². The van der Waals surface area contributed by atoms with Crippen LogP contribution < -0.4 is 5.32 Å². The van der Waals surface area contributed by atoms with Crippen molar-refractivity contribution in [2.45, 2.75) is 6.42 Å². The number of rotatable bonds is 6. The smallest absolute Gasteiger partial charge is 0.270 e. The molecule has 1 N–H and O–H groups in total. The second kappa shape index (κ2) is 7.79. The third-order valence-corrected chi connectivity index (χ3v) is 4.14. The van der Waals surface area contributed by atoms with Gasteiger partial charge in [-0.25, -0.2) is 4.68 Å². The zero-order chi connectivity index (χ0) is 18.5. The van der Waals surface area contributed by atoms with Gasteiger partial charge in [0.2, 0.25) is 0 Å². The molecular weight excluding hydrogens is 356 g/mol. The summed E-state index contributed by atoms with van der Waals surface area (Å²) in [6.07, 6.45) is 4.19. The van der Waals surface area contributed by atoms with Crippen LogP contribution in [0, 0.1) is 10.1 Å². The lowest BCUT2D eigenvalue weighted by atomic mass is 10.1. The van der Waals surface area contributed by atoms with E-state index in [1.165, 1.54) is 18.2 Å². The van der Waals surface area contributed by atoms with E-state index in [1.807, 2.05) is 36.5 Å². The molecule has 0 unspecified atom stereocenters. The van der Waals surface area contributed by atoms with Crippen LogP contribution in [-0.2, 0) is 6.42 Å². The first-order valence-electron chi connectivity index (χ1n) is 7.86.